The SMILES string of the molecule is Cc1onc(-c2ccc(Br)s2)c1C(=O)Nc1cccc(F)c1. The van der Waals surface area contributed by atoms with Crippen LogP contribution in [0, 0.1) is 12.7 Å². The number of hydrogen-bond acceptors (Lipinski definition) is 4. The Balaban J connectivity index is 1.94. The van der Waals surface area contributed by atoms with E-state index in [1.807, 2.05) is 12.1 Å². The van der Waals surface area contributed by atoms with Crippen LogP contribution in [0.1, 0.15) is 16.1 Å². The number of halogens is 2. The van der Waals surface area contributed by atoms with Crippen LogP contribution in [0.3, 0.4) is 0 Å². The summed E-state index contributed by atoms with van der Waals surface area (Å²) >= 11 is 4.83. The van der Waals surface area contributed by atoms with Gasteiger partial charge in [0, 0.05) is 5.69 Å². The number of aryl methyl sites for hydroxylation is 1. The van der Waals surface area contributed by atoms with E-state index < -0.39 is 5.82 Å². The quantitative estimate of drug-likeness (QED) is 0.705. The molecule has 1 N–H and O–H groups in total. The van der Waals surface area contributed by atoms with E-state index in [4.69, 9.17) is 4.52 Å². The third-order valence-corrected chi connectivity index (χ3v) is 4.61. The van der Waals surface area contributed by atoms with Crippen molar-refractivity contribution in [3.8, 4) is 10.6 Å². The van der Waals surface area contributed by atoms with Crippen LogP contribution < -0.4 is 5.32 Å². The van der Waals surface area contributed by atoms with Crippen molar-refractivity contribution in [2.24, 2.45) is 0 Å². The Hall–Kier alpha value is -1.99. The third kappa shape index (κ3) is 2.95. The molecule has 2 aromatic heterocycles. The molecule has 1 amide bonds. The normalized spacial score (nSPS) is 10.7. The summed E-state index contributed by atoms with van der Waals surface area (Å²) in [4.78, 5) is 13.3. The standard InChI is InChI=1S/C15H10BrFN2O2S/c1-8-13(14(19-21-8)11-5-6-12(16)22-11)15(20)18-10-4-2-3-9(17)7-10/h2-7H,1H3,(H,18,20). The molecule has 3 aromatic rings. The van der Waals surface area contributed by atoms with E-state index in [9.17, 15) is 9.18 Å². The van der Waals surface area contributed by atoms with Gasteiger partial charge in [-0.25, -0.2) is 4.39 Å². The monoisotopic (exact) mass is 380 g/mol. The highest BCUT2D eigenvalue weighted by molar-refractivity contribution is 9.11. The smallest absolute Gasteiger partial charge is 0.261 e. The van der Waals surface area contributed by atoms with Crippen molar-refractivity contribution >= 4 is 38.9 Å². The lowest BCUT2D eigenvalue weighted by Gasteiger charge is -2.05. The number of benzene rings is 1. The topological polar surface area (TPSA) is 55.1 Å². The van der Waals surface area contributed by atoms with Gasteiger partial charge in [-0.3, -0.25) is 4.79 Å². The van der Waals surface area contributed by atoms with Crippen molar-refractivity contribution in [3.63, 3.8) is 0 Å². The summed E-state index contributed by atoms with van der Waals surface area (Å²) in [6.07, 6.45) is 0. The Morgan fingerprint density at radius 2 is 2.18 bits per heavy atom. The zero-order valence-corrected chi connectivity index (χ0v) is 13.8. The van der Waals surface area contributed by atoms with Crippen LogP contribution in [0.5, 0.6) is 0 Å². The van der Waals surface area contributed by atoms with E-state index in [0.29, 0.717) is 22.7 Å². The molecule has 0 atom stereocenters. The molecule has 4 nitrogen and oxygen atoms in total. The lowest BCUT2D eigenvalue weighted by atomic mass is 10.1. The van der Waals surface area contributed by atoms with E-state index in [1.165, 1.54) is 29.5 Å². The Morgan fingerprint density at radius 1 is 1.36 bits per heavy atom. The second kappa shape index (κ2) is 6.02. The minimum absolute atomic E-state index is 0.346. The minimum Gasteiger partial charge on any atom is -0.360 e. The van der Waals surface area contributed by atoms with Gasteiger partial charge in [0.2, 0.25) is 0 Å². The molecule has 0 saturated heterocycles. The van der Waals surface area contributed by atoms with Crippen molar-refractivity contribution in [2.75, 3.05) is 5.32 Å². The average molecular weight is 381 g/mol. The van der Waals surface area contributed by atoms with Crippen LogP contribution in [0.25, 0.3) is 10.6 Å². The Morgan fingerprint density at radius 3 is 2.86 bits per heavy atom. The number of thiophene rings is 1. The lowest BCUT2D eigenvalue weighted by molar-refractivity contribution is 0.102. The van der Waals surface area contributed by atoms with Gasteiger partial charge in [0.25, 0.3) is 5.91 Å². The van der Waals surface area contributed by atoms with Gasteiger partial charge in [-0.1, -0.05) is 11.2 Å². The van der Waals surface area contributed by atoms with Gasteiger partial charge in [0.05, 0.1) is 8.66 Å². The van der Waals surface area contributed by atoms with Crippen LogP contribution >= 0.6 is 27.3 Å². The molecule has 0 aliphatic rings. The summed E-state index contributed by atoms with van der Waals surface area (Å²) in [5.41, 5.74) is 1.20. The molecule has 112 valence electrons. The molecule has 7 heteroatoms. The molecule has 0 spiro atoms. The van der Waals surface area contributed by atoms with Crippen LogP contribution in [-0.2, 0) is 0 Å². The van der Waals surface area contributed by atoms with Crippen molar-refractivity contribution in [2.45, 2.75) is 6.92 Å². The lowest BCUT2D eigenvalue weighted by Crippen LogP contribution is -2.13. The summed E-state index contributed by atoms with van der Waals surface area (Å²) < 4.78 is 19.3. The molecule has 0 unspecified atom stereocenters. The molecule has 3 rings (SSSR count). The van der Waals surface area contributed by atoms with Crippen LogP contribution in [-0.4, -0.2) is 11.1 Å². The Kier molecular flexibility index (Phi) is 4.08. The highest BCUT2D eigenvalue weighted by Crippen LogP contribution is 2.34. The first-order valence-electron chi connectivity index (χ1n) is 6.33. The zero-order valence-electron chi connectivity index (χ0n) is 11.4. The average Bonchev–Trinajstić information content (AvgIpc) is 3.04. The predicted octanol–water partition coefficient (Wildman–Crippen LogP) is 4.87. The maximum Gasteiger partial charge on any atom is 0.261 e. The molecule has 0 saturated carbocycles. The molecule has 0 fully saturated rings. The number of rotatable bonds is 3. The van der Waals surface area contributed by atoms with Gasteiger partial charge in [0.1, 0.15) is 22.8 Å². The molecular weight excluding hydrogens is 371 g/mol. The van der Waals surface area contributed by atoms with Gasteiger partial charge >= 0.3 is 0 Å². The molecule has 0 radical (unpaired) electrons. The highest BCUT2D eigenvalue weighted by atomic mass is 79.9. The first-order valence-corrected chi connectivity index (χ1v) is 7.94. The summed E-state index contributed by atoms with van der Waals surface area (Å²) in [6, 6.07) is 9.44. The van der Waals surface area contributed by atoms with E-state index in [-0.39, 0.29) is 5.91 Å². The van der Waals surface area contributed by atoms with Crippen molar-refractivity contribution in [3.05, 3.63) is 57.3 Å². The van der Waals surface area contributed by atoms with Gasteiger partial charge in [-0.15, -0.1) is 11.3 Å². The van der Waals surface area contributed by atoms with Gasteiger partial charge in [-0.05, 0) is 53.2 Å². The molecule has 0 bridgehead atoms. The van der Waals surface area contributed by atoms with Crippen LogP contribution in [0.4, 0.5) is 10.1 Å². The first kappa shape index (κ1) is 14.9. The van der Waals surface area contributed by atoms with Crippen molar-refractivity contribution in [1.29, 1.82) is 0 Å². The maximum atomic E-state index is 13.2. The van der Waals surface area contributed by atoms with Crippen LogP contribution in [0.15, 0.2) is 44.7 Å². The molecule has 0 aliphatic heterocycles. The van der Waals surface area contributed by atoms with E-state index in [0.717, 1.165) is 8.66 Å². The summed E-state index contributed by atoms with van der Waals surface area (Å²) in [6.45, 7) is 1.67. The second-order valence-electron chi connectivity index (χ2n) is 4.53. The number of aromatic nitrogens is 1. The molecule has 1 aromatic carbocycles. The summed E-state index contributed by atoms with van der Waals surface area (Å²) in [5, 5.41) is 6.62. The van der Waals surface area contributed by atoms with Gasteiger partial charge in [-0.2, -0.15) is 0 Å². The fourth-order valence-electron chi connectivity index (χ4n) is 2.01. The minimum atomic E-state index is -0.415. The fourth-order valence-corrected chi connectivity index (χ4v) is 3.38. The van der Waals surface area contributed by atoms with Gasteiger partial charge in [0.15, 0.2) is 0 Å². The second-order valence-corrected chi connectivity index (χ2v) is 6.99. The Bertz CT molecular complexity index is 844. The molecule has 0 aliphatic carbocycles. The third-order valence-electron chi connectivity index (χ3n) is 2.98. The molecular formula is C15H10BrFN2O2S. The summed E-state index contributed by atoms with van der Waals surface area (Å²) in [7, 11) is 0. The zero-order chi connectivity index (χ0) is 15.7. The maximum absolute atomic E-state index is 13.2. The van der Waals surface area contributed by atoms with Crippen LogP contribution in [0.2, 0.25) is 0 Å². The number of anilines is 1. The van der Waals surface area contributed by atoms with E-state index in [1.54, 1.807) is 13.0 Å². The first-order chi connectivity index (χ1) is 10.5. The van der Waals surface area contributed by atoms with E-state index in [2.05, 4.69) is 26.4 Å². The predicted molar refractivity (Wildman–Crippen MR) is 86.6 cm³/mol. The van der Waals surface area contributed by atoms with E-state index >= 15 is 0 Å². The number of nitrogens with zero attached hydrogens (tertiary/aromatic N) is 1. The fraction of sp³-hybridized carbons (Fsp3) is 0.0667. The largest absolute Gasteiger partial charge is 0.360 e. The number of nitrogens with one attached hydrogen (secondary N) is 1. The number of amides is 1. The molecule has 2 heterocycles. The van der Waals surface area contributed by atoms with Gasteiger partial charge < -0.3 is 9.84 Å². The van der Waals surface area contributed by atoms with Crippen molar-refractivity contribution in [1.82, 2.24) is 5.16 Å². The number of carbonyl (C=O) groups is 1. The molecule has 22 heavy (non-hydrogen) atoms. The number of carbonyl (C=O) groups excluding carboxylic acids is 1. The highest BCUT2D eigenvalue weighted by Gasteiger charge is 2.22. The summed E-state index contributed by atoms with van der Waals surface area (Å²) in [5.74, 6) is -0.389. The van der Waals surface area contributed by atoms with Crippen molar-refractivity contribution < 1.29 is 13.7 Å². The Labute approximate surface area is 138 Å². The number of hydrogen-bond donors (Lipinski definition) is 1.